The van der Waals surface area contributed by atoms with Crippen LogP contribution in [0.3, 0.4) is 0 Å². The van der Waals surface area contributed by atoms with Gasteiger partial charge in [-0.1, -0.05) is 84.9 Å². The minimum absolute atomic E-state index is 0.430. The Hall–Kier alpha value is -3.41. The van der Waals surface area contributed by atoms with Gasteiger partial charge in [-0.05, 0) is 28.8 Å². The highest BCUT2D eigenvalue weighted by atomic mass is 16.5. The van der Waals surface area contributed by atoms with E-state index >= 15 is 0 Å². The predicted molar refractivity (Wildman–Crippen MR) is 129 cm³/mol. The Balaban J connectivity index is 1.35. The average molecular weight is 428 g/mol. The highest BCUT2D eigenvalue weighted by Crippen LogP contribution is 2.27. The van der Waals surface area contributed by atoms with E-state index in [0.29, 0.717) is 0 Å². The summed E-state index contributed by atoms with van der Waals surface area (Å²) in [5.41, 5.74) is 5.91. The van der Waals surface area contributed by atoms with E-state index in [-0.39, 0.29) is 0 Å². The lowest BCUT2D eigenvalue weighted by atomic mass is 9.90. The number of hydrogen-bond acceptors (Lipinski definition) is 4. The number of benzene rings is 3. The maximum absolute atomic E-state index is 12.3. The molecule has 1 unspecified atom stereocenters. The van der Waals surface area contributed by atoms with Gasteiger partial charge in [0.2, 0.25) is 0 Å². The van der Waals surface area contributed by atoms with Crippen LogP contribution in [-0.4, -0.2) is 48.7 Å². The molecule has 164 valence electrons. The lowest BCUT2D eigenvalue weighted by molar-refractivity contribution is -0.129. The van der Waals surface area contributed by atoms with Gasteiger partial charge < -0.3 is 4.90 Å². The molecule has 5 nitrogen and oxygen atoms in total. The smallest absolute Gasteiger partial charge is 0.255 e. The molecular weight excluding hydrogens is 398 g/mol. The minimum atomic E-state index is -0.538. The first-order valence-electron chi connectivity index (χ1n) is 11.0. The summed E-state index contributed by atoms with van der Waals surface area (Å²) in [5, 5.41) is 9.22. The van der Waals surface area contributed by atoms with Gasteiger partial charge in [-0.2, -0.15) is 0 Å². The van der Waals surface area contributed by atoms with Crippen molar-refractivity contribution in [1.82, 2.24) is 10.4 Å². The van der Waals surface area contributed by atoms with Crippen molar-refractivity contribution in [3.05, 3.63) is 108 Å². The number of nitrogens with one attached hydrogen (secondary N) is 1. The van der Waals surface area contributed by atoms with Gasteiger partial charge in [0.15, 0.2) is 0 Å². The van der Waals surface area contributed by atoms with Gasteiger partial charge in [-0.15, -0.1) is 0 Å². The Labute approximate surface area is 189 Å². The lowest BCUT2D eigenvalue weighted by Crippen LogP contribution is -2.46. The molecule has 1 aliphatic rings. The second-order valence-electron chi connectivity index (χ2n) is 8.01. The van der Waals surface area contributed by atoms with E-state index in [2.05, 4.69) is 58.4 Å². The molecule has 0 aromatic heterocycles. The van der Waals surface area contributed by atoms with Crippen LogP contribution in [0.4, 0.5) is 5.69 Å². The van der Waals surface area contributed by atoms with E-state index in [4.69, 9.17) is 0 Å². The van der Waals surface area contributed by atoms with Crippen LogP contribution in [0.5, 0.6) is 0 Å². The first-order chi connectivity index (χ1) is 15.7. The number of hydrogen-bond donors (Lipinski definition) is 2. The first kappa shape index (κ1) is 21.8. The summed E-state index contributed by atoms with van der Waals surface area (Å²) in [6, 6.07) is 28.0. The fourth-order valence-corrected chi connectivity index (χ4v) is 4.17. The van der Waals surface area contributed by atoms with Crippen molar-refractivity contribution >= 4 is 17.7 Å². The first-order valence-corrected chi connectivity index (χ1v) is 11.0. The van der Waals surface area contributed by atoms with Gasteiger partial charge in [-0.3, -0.25) is 14.9 Å². The quantitative estimate of drug-likeness (QED) is 0.439. The standard InChI is InChI=1S/C27H29N3O2/c31-27(28-32)26(23-11-5-2-6-12-23)24-13-15-25(16-14-24)30-20-18-29(19-21-30)17-7-10-22-8-3-1-4-9-22/h1-16,26,32H,17-21H2,(H,28,31)/b10-7+. The van der Waals surface area contributed by atoms with E-state index in [9.17, 15) is 10.0 Å². The van der Waals surface area contributed by atoms with Crippen LogP contribution >= 0.6 is 0 Å². The van der Waals surface area contributed by atoms with E-state index in [1.54, 1.807) is 0 Å². The summed E-state index contributed by atoms with van der Waals surface area (Å²) in [7, 11) is 0. The molecule has 0 bridgehead atoms. The van der Waals surface area contributed by atoms with Crippen molar-refractivity contribution in [2.45, 2.75) is 5.92 Å². The number of carbonyl (C=O) groups is 1. The van der Waals surface area contributed by atoms with Crippen LogP contribution in [-0.2, 0) is 4.79 Å². The monoisotopic (exact) mass is 427 g/mol. The van der Waals surface area contributed by atoms with Crippen molar-refractivity contribution in [3.8, 4) is 0 Å². The van der Waals surface area contributed by atoms with E-state index in [0.717, 1.165) is 49.5 Å². The van der Waals surface area contributed by atoms with Crippen molar-refractivity contribution in [1.29, 1.82) is 0 Å². The molecule has 4 rings (SSSR count). The third-order valence-corrected chi connectivity index (χ3v) is 5.94. The third kappa shape index (κ3) is 5.44. The van der Waals surface area contributed by atoms with Crippen LogP contribution in [0.25, 0.3) is 6.08 Å². The Morgan fingerprint density at radius 1 is 0.844 bits per heavy atom. The van der Waals surface area contributed by atoms with Gasteiger partial charge >= 0.3 is 0 Å². The van der Waals surface area contributed by atoms with Gasteiger partial charge in [0.1, 0.15) is 0 Å². The molecule has 1 fully saturated rings. The van der Waals surface area contributed by atoms with Crippen molar-refractivity contribution in [3.63, 3.8) is 0 Å². The molecule has 32 heavy (non-hydrogen) atoms. The molecule has 3 aromatic carbocycles. The van der Waals surface area contributed by atoms with Crippen LogP contribution in [0.15, 0.2) is 91.0 Å². The molecule has 1 saturated heterocycles. The zero-order valence-corrected chi connectivity index (χ0v) is 18.1. The number of hydroxylamine groups is 1. The Bertz CT molecular complexity index is 1010. The highest BCUT2D eigenvalue weighted by molar-refractivity contribution is 5.86. The van der Waals surface area contributed by atoms with Gasteiger partial charge in [0.05, 0.1) is 5.92 Å². The van der Waals surface area contributed by atoms with Crippen molar-refractivity contribution in [2.75, 3.05) is 37.6 Å². The molecule has 5 heteroatoms. The average Bonchev–Trinajstić information content (AvgIpc) is 2.86. The number of nitrogens with zero attached hydrogens (tertiary/aromatic N) is 2. The molecule has 1 aliphatic heterocycles. The number of amides is 1. The summed E-state index contributed by atoms with van der Waals surface area (Å²) in [4.78, 5) is 17.2. The number of carbonyl (C=O) groups excluding carboxylic acids is 1. The van der Waals surface area contributed by atoms with Crippen molar-refractivity contribution in [2.24, 2.45) is 0 Å². The molecule has 0 saturated carbocycles. The van der Waals surface area contributed by atoms with Crippen molar-refractivity contribution < 1.29 is 10.0 Å². The molecule has 2 N–H and O–H groups in total. The summed E-state index contributed by atoms with van der Waals surface area (Å²) in [6.07, 6.45) is 4.41. The van der Waals surface area contributed by atoms with Crippen LogP contribution in [0.1, 0.15) is 22.6 Å². The summed E-state index contributed by atoms with van der Waals surface area (Å²) >= 11 is 0. The zero-order chi connectivity index (χ0) is 22.2. The maximum atomic E-state index is 12.3. The predicted octanol–water partition coefficient (Wildman–Crippen LogP) is 4.16. The Morgan fingerprint density at radius 2 is 1.44 bits per heavy atom. The zero-order valence-electron chi connectivity index (χ0n) is 18.1. The molecule has 0 radical (unpaired) electrons. The van der Waals surface area contributed by atoms with Gasteiger partial charge in [0.25, 0.3) is 5.91 Å². The van der Waals surface area contributed by atoms with E-state index < -0.39 is 11.8 Å². The highest BCUT2D eigenvalue weighted by Gasteiger charge is 2.23. The number of rotatable bonds is 7. The summed E-state index contributed by atoms with van der Waals surface area (Å²) in [5.74, 6) is -0.968. The molecule has 1 heterocycles. The number of anilines is 1. The van der Waals surface area contributed by atoms with E-state index in [1.165, 1.54) is 5.56 Å². The summed E-state index contributed by atoms with van der Waals surface area (Å²) < 4.78 is 0. The summed E-state index contributed by atoms with van der Waals surface area (Å²) in [6.45, 7) is 4.92. The minimum Gasteiger partial charge on any atom is -0.369 e. The fraction of sp³-hybridized carbons (Fsp3) is 0.222. The van der Waals surface area contributed by atoms with E-state index in [1.807, 2.05) is 54.0 Å². The largest absolute Gasteiger partial charge is 0.369 e. The van der Waals surface area contributed by atoms with Gasteiger partial charge in [-0.25, -0.2) is 5.48 Å². The Kier molecular flexibility index (Phi) is 7.33. The van der Waals surface area contributed by atoms with Crippen LogP contribution in [0.2, 0.25) is 0 Å². The lowest BCUT2D eigenvalue weighted by Gasteiger charge is -2.35. The second kappa shape index (κ2) is 10.8. The SMILES string of the molecule is O=C(NO)C(c1ccccc1)c1ccc(N2CCN(C/C=C/c3ccccc3)CC2)cc1. The molecule has 1 atom stereocenters. The fourth-order valence-electron chi connectivity index (χ4n) is 4.17. The number of piperazine rings is 1. The third-order valence-electron chi connectivity index (χ3n) is 5.94. The molecule has 0 spiro atoms. The molecule has 3 aromatic rings. The normalized spacial score (nSPS) is 15.6. The topological polar surface area (TPSA) is 55.8 Å². The molecular formula is C27H29N3O2. The van der Waals surface area contributed by atoms with Gasteiger partial charge in [0, 0.05) is 38.4 Å². The maximum Gasteiger partial charge on any atom is 0.255 e. The molecule has 1 amide bonds. The molecule has 0 aliphatic carbocycles. The van der Waals surface area contributed by atoms with Crippen LogP contribution < -0.4 is 10.4 Å². The Morgan fingerprint density at radius 3 is 2.06 bits per heavy atom. The second-order valence-corrected chi connectivity index (χ2v) is 8.01. The van der Waals surface area contributed by atoms with Crippen LogP contribution in [0, 0.1) is 0 Å².